The number of aromatic nitrogens is 4. The Hall–Kier alpha value is -2.43. The minimum Gasteiger partial charge on any atom is -0.399 e. The van der Waals surface area contributed by atoms with Gasteiger partial charge in [0.2, 0.25) is 0 Å². The largest absolute Gasteiger partial charge is 0.399 e. The summed E-state index contributed by atoms with van der Waals surface area (Å²) in [5, 5.41) is 4.31. The lowest BCUT2D eigenvalue weighted by Gasteiger charge is -1.95. The van der Waals surface area contributed by atoms with Gasteiger partial charge in [0.25, 0.3) is 5.78 Å². The van der Waals surface area contributed by atoms with Crippen molar-refractivity contribution in [2.24, 2.45) is 0 Å². The van der Waals surface area contributed by atoms with Crippen molar-refractivity contribution in [2.75, 3.05) is 5.73 Å². The molecule has 78 valence electrons. The summed E-state index contributed by atoms with van der Waals surface area (Å²) < 4.78 is 1.64. The molecule has 2 aromatic heterocycles. The SMILES string of the molecule is Nc1cccc(-c2nc3ncccn3n2)c1. The first-order valence-corrected chi connectivity index (χ1v) is 4.86. The number of fused-ring (bicyclic) bond motifs is 1. The highest BCUT2D eigenvalue weighted by molar-refractivity contribution is 5.62. The van der Waals surface area contributed by atoms with Gasteiger partial charge in [0.05, 0.1) is 0 Å². The van der Waals surface area contributed by atoms with Crippen LogP contribution in [-0.2, 0) is 0 Å². The normalized spacial score (nSPS) is 10.8. The average Bonchev–Trinajstić information content (AvgIpc) is 2.72. The second-order valence-corrected chi connectivity index (χ2v) is 3.43. The molecule has 2 N–H and O–H groups in total. The smallest absolute Gasteiger partial charge is 0.252 e. The van der Waals surface area contributed by atoms with Gasteiger partial charge in [0.15, 0.2) is 5.82 Å². The van der Waals surface area contributed by atoms with Gasteiger partial charge in [-0.25, -0.2) is 9.50 Å². The molecule has 0 radical (unpaired) electrons. The van der Waals surface area contributed by atoms with Gasteiger partial charge in [0.1, 0.15) is 0 Å². The Morgan fingerprint density at radius 3 is 2.94 bits per heavy atom. The Bertz CT molecular complexity index is 610. The van der Waals surface area contributed by atoms with Crippen LogP contribution in [0, 0.1) is 0 Å². The zero-order valence-corrected chi connectivity index (χ0v) is 8.41. The number of benzene rings is 1. The molecule has 0 saturated carbocycles. The molecule has 0 bridgehead atoms. The number of anilines is 1. The summed E-state index contributed by atoms with van der Waals surface area (Å²) >= 11 is 0. The Kier molecular flexibility index (Phi) is 1.83. The molecule has 0 amide bonds. The molecule has 0 aliphatic carbocycles. The van der Waals surface area contributed by atoms with Crippen LogP contribution in [0.3, 0.4) is 0 Å². The van der Waals surface area contributed by atoms with E-state index in [9.17, 15) is 0 Å². The number of nitrogens with zero attached hydrogens (tertiary/aromatic N) is 4. The van der Waals surface area contributed by atoms with Crippen molar-refractivity contribution in [3.05, 3.63) is 42.7 Å². The first-order valence-electron chi connectivity index (χ1n) is 4.86. The maximum Gasteiger partial charge on any atom is 0.252 e. The minimum absolute atomic E-state index is 0.583. The standard InChI is InChI=1S/C11H9N5/c12-9-4-1-3-8(7-9)10-14-11-13-5-2-6-16(11)15-10/h1-7H,12H2. The van der Waals surface area contributed by atoms with Crippen LogP contribution >= 0.6 is 0 Å². The molecule has 0 unspecified atom stereocenters. The van der Waals surface area contributed by atoms with Crippen LogP contribution in [0.1, 0.15) is 0 Å². The molecule has 0 aliphatic heterocycles. The molecular formula is C11H9N5. The summed E-state index contributed by atoms with van der Waals surface area (Å²) in [6, 6.07) is 9.28. The average molecular weight is 211 g/mol. The van der Waals surface area contributed by atoms with Gasteiger partial charge in [-0.2, -0.15) is 4.98 Å². The quantitative estimate of drug-likeness (QED) is 0.617. The van der Waals surface area contributed by atoms with E-state index in [0.29, 0.717) is 17.3 Å². The van der Waals surface area contributed by atoms with Gasteiger partial charge >= 0.3 is 0 Å². The molecule has 3 aromatic rings. The molecule has 0 saturated heterocycles. The first-order chi connectivity index (χ1) is 7.83. The van der Waals surface area contributed by atoms with Gasteiger partial charge in [-0.3, -0.25) is 0 Å². The summed E-state index contributed by atoms with van der Waals surface area (Å²) in [6.45, 7) is 0. The summed E-state index contributed by atoms with van der Waals surface area (Å²) in [6.07, 6.45) is 3.50. The van der Waals surface area contributed by atoms with E-state index in [0.717, 1.165) is 5.56 Å². The third-order valence-corrected chi connectivity index (χ3v) is 2.26. The Balaban J connectivity index is 2.19. The summed E-state index contributed by atoms with van der Waals surface area (Å²) in [5.74, 6) is 1.21. The van der Waals surface area contributed by atoms with E-state index in [1.165, 1.54) is 0 Å². The van der Waals surface area contributed by atoms with Gasteiger partial charge < -0.3 is 5.73 Å². The van der Waals surface area contributed by atoms with Gasteiger partial charge in [-0.1, -0.05) is 12.1 Å². The van der Waals surface area contributed by atoms with Crippen molar-refractivity contribution in [3.8, 4) is 11.4 Å². The van der Waals surface area contributed by atoms with E-state index in [2.05, 4.69) is 15.1 Å². The molecule has 5 heteroatoms. The number of rotatable bonds is 1. The molecule has 3 rings (SSSR count). The van der Waals surface area contributed by atoms with Crippen LogP contribution in [-0.4, -0.2) is 19.6 Å². The van der Waals surface area contributed by atoms with Crippen LogP contribution in [0.4, 0.5) is 5.69 Å². The highest BCUT2D eigenvalue weighted by Gasteiger charge is 2.06. The summed E-state index contributed by atoms with van der Waals surface area (Å²) in [4.78, 5) is 8.42. The van der Waals surface area contributed by atoms with E-state index < -0.39 is 0 Å². The molecule has 0 atom stereocenters. The topological polar surface area (TPSA) is 69.1 Å². The van der Waals surface area contributed by atoms with Crippen LogP contribution in [0.15, 0.2) is 42.7 Å². The summed E-state index contributed by atoms with van der Waals surface area (Å²) in [5.41, 5.74) is 7.30. The number of nitrogen functional groups attached to an aromatic ring is 1. The molecule has 16 heavy (non-hydrogen) atoms. The van der Waals surface area contributed by atoms with Crippen LogP contribution in [0.5, 0.6) is 0 Å². The minimum atomic E-state index is 0.583. The first kappa shape index (κ1) is 8.84. The number of hydrogen-bond acceptors (Lipinski definition) is 4. The van der Waals surface area contributed by atoms with Crippen molar-refractivity contribution in [1.29, 1.82) is 0 Å². The van der Waals surface area contributed by atoms with E-state index in [1.807, 2.05) is 36.5 Å². The fourth-order valence-electron chi connectivity index (χ4n) is 1.53. The lowest BCUT2D eigenvalue weighted by atomic mass is 10.2. The number of nitrogens with two attached hydrogens (primary N) is 1. The highest BCUT2D eigenvalue weighted by atomic mass is 15.3. The Labute approximate surface area is 91.6 Å². The van der Waals surface area contributed by atoms with E-state index in [1.54, 1.807) is 10.7 Å². The van der Waals surface area contributed by atoms with Crippen LogP contribution in [0.25, 0.3) is 17.2 Å². The molecule has 5 nitrogen and oxygen atoms in total. The Morgan fingerprint density at radius 1 is 1.19 bits per heavy atom. The van der Waals surface area contributed by atoms with Gasteiger partial charge in [0, 0.05) is 23.6 Å². The Morgan fingerprint density at radius 2 is 2.12 bits per heavy atom. The monoisotopic (exact) mass is 211 g/mol. The van der Waals surface area contributed by atoms with Crippen LogP contribution < -0.4 is 5.73 Å². The summed E-state index contributed by atoms with van der Waals surface area (Å²) in [7, 11) is 0. The molecule has 1 aromatic carbocycles. The van der Waals surface area contributed by atoms with Crippen molar-refractivity contribution < 1.29 is 0 Å². The third kappa shape index (κ3) is 1.38. The highest BCUT2D eigenvalue weighted by Crippen LogP contribution is 2.17. The zero-order valence-electron chi connectivity index (χ0n) is 8.41. The molecule has 0 fully saturated rings. The van der Waals surface area contributed by atoms with Crippen molar-refractivity contribution in [3.63, 3.8) is 0 Å². The zero-order chi connectivity index (χ0) is 11.0. The molecule has 0 aliphatic rings. The predicted molar refractivity (Wildman–Crippen MR) is 60.6 cm³/mol. The molecular weight excluding hydrogens is 202 g/mol. The number of hydrogen-bond donors (Lipinski definition) is 1. The van der Waals surface area contributed by atoms with Crippen molar-refractivity contribution in [1.82, 2.24) is 19.6 Å². The molecule has 2 heterocycles. The fourth-order valence-corrected chi connectivity index (χ4v) is 1.53. The maximum atomic E-state index is 5.71. The lowest BCUT2D eigenvalue weighted by Crippen LogP contribution is -1.88. The predicted octanol–water partition coefficient (Wildman–Crippen LogP) is 1.37. The lowest BCUT2D eigenvalue weighted by molar-refractivity contribution is 0.942. The van der Waals surface area contributed by atoms with E-state index >= 15 is 0 Å². The second-order valence-electron chi connectivity index (χ2n) is 3.43. The van der Waals surface area contributed by atoms with Crippen molar-refractivity contribution in [2.45, 2.75) is 0 Å². The van der Waals surface area contributed by atoms with Crippen molar-refractivity contribution >= 4 is 11.5 Å². The van der Waals surface area contributed by atoms with E-state index in [4.69, 9.17) is 5.73 Å². The van der Waals surface area contributed by atoms with Gasteiger partial charge in [-0.15, -0.1) is 5.10 Å². The fraction of sp³-hybridized carbons (Fsp3) is 0. The second kappa shape index (κ2) is 3.30. The maximum absolute atomic E-state index is 5.71. The molecule has 0 spiro atoms. The van der Waals surface area contributed by atoms with Gasteiger partial charge in [-0.05, 0) is 18.2 Å². The van der Waals surface area contributed by atoms with E-state index in [-0.39, 0.29) is 0 Å². The van der Waals surface area contributed by atoms with Crippen LogP contribution in [0.2, 0.25) is 0 Å². The third-order valence-electron chi connectivity index (χ3n) is 2.26.